The van der Waals surface area contributed by atoms with Gasteiger partial charge >= 0.3 is 0 Å². The van der Waals surface area contributed by atoms with Gasteiger partial charge in [0, 0.05) is 18.1 Å². The number of hydrogen-bond donors (Lipinski definition) is 1. The summed E-state index contributed by atoms with van der Waals surface area (Å²) in [5.74, 6) is 1.28. The quantitative estimate of drug-likeness (QED) is 0.419. The molecule has 33 heavy (non-hydrogen) atoms. The van der Waals surface area contributed by atoms with E-state index in [2.05, 4.69) is 30.4 Å². The van der Waals surface area contributed by atoms with E-state index in [1.54, 1.807) is 48.2 Å². The Bertz CT molecular complexity index is 1170. The Kier molecular flexibility index (Phi) is 8.58. The van der Waals surface area contributed by atoms with Crippen molar-refractivity contribution in [3.8, 4) is 0 Å². The van der Waals surface area contributed by atoms with Crippen LogP contribution in [0.1, 0.15) is 22.3 Å². The zero-order chi connectivity index (χ0) is 23.8. The molecule has 0 fully saturated rings. The second-order valence-corrected chi connectivity index (χ2v) is 11.0. The van der Waals surface area contributed by atoms with Crippen molar-refractivity contribution < 1.29 is 13.2 Å². The number of sulfonamides is 1. The molecule has 7 heteroatoms. The molecule has 0 heterocycles. The SMILES string of the molecule is Cc1ccc(N(CC(=O)NCCSCc2cccc(C)c2)S(=O)(=O)c2ccc(C)cc2)cc1. The first-order valence-corrected chi connectivity index (χ1v) is 13.4. The van der Waals surface area contributed by atoms with Gasteiger partial charge in [0.25, 0.3) is 10.0 Å². The molecule has 174 valence electrons. The first kappa shape index (κ1) is 24.9. The summed E-state index contributed by atoms with van der Waals surface area (Å²) in [6.45, 7) is 6.10. The minimum Gasteiger partial charge on any atom is -0.354 e. The van der Waals surface area contributed by atoms with E-state index >= 15 is 0 Å². The molecule has 0 saturated carbocycles. The molecule has 0 saturated heterocycles. The van der Waals surface area contributed by atoms with Gasteiger partial charge in [0.05, 0.1) is 10.6 Å². The molecule has 3 aromatic rings. The molecule has 0 spiro atoms. The molecule has 0 aliphatic heterocycles. The Hall–Kier alpha value is -2.77. The lowest BCUT2D eigenvalue weighted by molar-refractivity contribution is -0.119. The highest BCUT2D eigenvalue weighted by Gasteiger charge is 2.27. The van der Waals surface area contributed by atoms with Crippen molar-refractivity contribution in [3.63, 3.8) is 0 Å². The minimum absolute atomic E-state index is 0.162. The maximum atomic E-state index is 13.4. The van der Waals surface area contributed by atoms with Gasteiger partial charge in [-0.25, -0.2) is 8.42 Å². The van der Waals surface area contributed by atoms with Crippen LogP contribution in [0.2, 0.25) is 0 Å². The van der Waals surface area contributed by atoms with Crippen molar-refractivity contribution in [1.82, 2.24) is 5.32 Å². The molecule has 0 bridgehead atoms. The highest BCUT2D eigenvalue weighted by molar-refractivity contribution is 7.98. The van der Waals surface area contributed by atoms with E-state index in [4.69, 9.17) is 0 Å². The van der Waals surface area contributed by atoms with E-state index in [0.29, 0.717) is 12.2 Å². The van der Waals surface area contributed by atoms with E-state index in [0.717, 1.165) is 22.6 Å². The van der Waals surface area contributed by atoms with Gasteiger partial charge in [-0.05, 0) is 50.6 Å². The van der Waals surface area contributed by atoms with Crippen LogP contribution in [0.3, 0.4) is 0 Å². The number of anilines is 1. The zero-order valence-electron chi connectivity index (χ0n) is 19.2. The van der Waals surface area contributed by atoms with Crippen molar-refractivity contribution in [1.29, 1.82) is 0 Å². The van der Waals surface area contributed by atoms with Crippen LogP contribution in [-0.2, 0) is 20.6 Å². The smallest absolute Gasteiger partial charge is 0.264 e. The Labute approximate surface area is 201 Å². The van der Waals surface area contributed by atoms with Crippen LogP contribution in [0.5, 0.6) is 0 Å². The fraction of sp³-hybridized carbons (Fsp3) is 0.269. The Morgan fingerprint density at radius 1 is 0.879 bits per heavy atom. The average molecular weight is 483 g/mol. The van der Waals surface area contributed by atoms with Crippen LogP contribution in [0, 0.1) is 20.8 Å². The van der Waals surface area contributed by atoms with Crippen LogP contribution in [0.25, 0.3) is 0 Å². The summed E-state index contributed by atoms with van der Waals surface area (Å²) in [6, 6.07) is 22.2. The molecule has 1 N–H and O–H groups in total. The summed E-state index contributed by atoms with van der Waals surface area (Å²) in [6.07, 6.45) is 0. The number of thioether (sulfide) groups is 1. The van der Waals surface area contributed by atoms with E-state index in [-0.39, 0.29) is 17.3 Å². The maximum Gasteiger partial charge on any atom is 0.264 e. The number of hydrogen-bond acceptors (Lipinski definition) is 4. The fourth-order valence-electron chi connectivity index (χ4n) is 3.30. The highest BCUT2D eigenvalue weighted by atomic mass is 32.2. The third kappa shape index (κ3) is 7.11. The molecule has 3 rings (SSSR count). The van der Waals surface area contributed by atoms with E-state index in [1.807, 2.05) is 32.0 Å². The summed E-state index contributed by atoms with van der Waals surface area (Å²) in [4.78, 5) is 12.8. The number of aryl methyl sites for hydroxylation is 3. The molecule has 0 aromatic heterocycles. The second-order valence-electron chi connectivity index (χ2n) is 8.05. The lowest BCUT2D eigenvalue weighted by atomic mass is 10.2. The molecule has 0 unspecified atom stereocenters. The lowest BCUT2D eigenvalue weighted by Gasteiger charge is -2.24. The van der Waals surface area contributed by atoms with Crippen LogP contribution in [0.15, 0.2) is 77.7 Å². The molecule has 0 atom stereocenters. The average Bonchev–Trinajstić information content (AvgIpc) is 2.78. The monoisotopic (exact) mass is 482 g/mol. The Morgan fingerprint density at radius 2 is 1.52 bits per heavy atom. The predicted octanol–water partition coefficient (Wildman–Crippen LogP) is 4.86. The number of rotatable bonds is 10. The van der Waals surface area contributed by atoms with Gasteiger partial charge in [0.2, 0.25) is 5.91 Å². The predicted molar refractivity (Wildman–Crippen MR) is 137 cm³/mol. The van der Waals surface area contributed by atoms with Crippen molar-refractivity contribution >= 4 is 33.4 Å². The van der Waals surface area contributed by atoms with Crippen LogP contribution < -0.4 is 9.62 Å². The molecule has 3 aromatic carbocycles. The van der Waals surface area contributed by atoms with Crippen molar-refractivity contribution in [3.05, 3.63) is 95.1 Å². The molecular weight excluding hydrogens is 452 g/mol. The molecule has 1 amide bonds. The normalized spacial score (nSPS) is 11.2. The minimum atomic E-state index is -3.89. The number of benzene rings is 3. The van der Waals surface area contributed by atoms with Gasteiger partial charge in [-0.2, -0.15) is 11.8 Å². The van der Waals surface area contributed by atoms with Crippen molar-refractivity contribution in [2.45, 2.75) is 31.4 Å². The number of carbonyl (C=O) groups excluding carboxylic acids is 1. The van der Waals surface area contributed by atoms with E-state index < -0.39 is 10.0 Å². The topological polar surface area (TPSA) is 66.5 Å². The van der Waals surface area contributed by atoms with E-state index in [9.17, 15) is 13.2 Å². The molecule has 0 aliphatic rings. The molecule has 0 aliphatic carbocycles. The second kappa shape index (κ2) is 11.4. The molecular formula is C26H30N2O3S2. The Morgan fingerprint density at radius 3 is 2.15 bits per heavy atom. The Balaban J connectivity index is 1.64. The van der Waals surface area contributed by atoms with Crippen LogP contribution in [0.4, 0.5) is 5.69 Å². The van der Waals surface area contributed by atoms with Gasteiger partial charge in [-0.3, -0.25) is 9.10 Å². The number of carbonyl (C=O) groups is 1. The van der Waals surface area contributed by atoms with Crippen molar-refractivity contribution in [2.24, 2.45) is 0 Å². The summed E-state index contributed by atoms with van der Waals surface area (Å²) in [5.41, 5.74) is 4.93. The van der Waals surface area contributed by atoms with Gasteiger partial charge in [-0.1, -0.05) is 65.2 Å². The number of nitrogens with zero attached hydrogens (tertiary/aromatic N) is 1. The lowest BCUT2D eigenvalue weighted by Crippen LogP contribution is -2.41. The van der Waals surface area contributed by atoms with Gasteiger partial charge in [0.1, 0.15) is 6.54 Å². The highest BCUT2D eigenvalue weighted by Crippen LogP contribution is 2.24. The van der Waals surface area contributed by atoms with Gasteiger partial charge < -0.3 is 5.32 Å². The zero-order valence-corrected chi connectivity index (χ0v) is 20.9. The maximum absolute atomic E-state index is 13.4. The summed E-state index contributed by atoms with van der Waals surface area (Å²) < 4.78 is 27.9. The van der Waals surface area contributed by atoms with Gasteiger partial charge in [-0.15, -0.1) is 0 Å². The number of amides is 1. The van der Waals surface area contributed by atoms with Gasteiger partial charge in [0.15, 0.2) is 0 Å². The molecule has 0 radical (unpaired) electrons. The first-order valence-electron chi connectivity index (χ1n) is 10.8. The van der Waals surface area contributed by atoms with Crippen molar-refractivity contribution in [2.75, 3.05) is 23.1 Å². The van der Waals surface area contributed by atoms with Crippen LogP contribution in [-0.4, -0.2) is 33.2 Å². The summed E-state index contributed by atoms with van der Waals surface area (Å²) >= 11 is 1.73. The fourth-order valence-corrected chi connectivity index (χ4v) is 5.53. The standard InChI is InChI=1S/C26H30N2O3S2/c1-20-7-11-24(12-8-20)28(33(30,31)25-13-9-21(2)10-14-25)18-26(29)27-15-16-32-19-23-6-4-5-22(3)17-23/h4-14,17H,15-16,18-19H2,1-3H3,(H,27,29). The largest absolute Gasteiger partial charge is 0.354 e. The third-order valence-corrected chi connectivity index (χ3v) is 7.96. The number of nitrogens with one attached hydrogen (secondary N) is 1. The van der Waals surface area contributed by atoms with Crippen LogP contribution >= 0.6 is 11.8 Å². The molecule has 5 nitrogen and oxygen atoms in total. The summed E-state index contributed by atoms with van der Waals surface area (Å²) in [5, 5.41) is 2.86. The summed E-state index contributed by atoms with van der Waals surface area (Å²) in [7, 11) is -3.89. The van der Waals surface area contributed by atoms with E-state index in [1.165, 1.54) is 15.4 Å². The first-order chi connectivity index (χ1) is 15.8. The third-order valence-electron chi connectivity index (χ3n) is 5.14.